The largest absolute Gasteiger partial charge is 0.477 e. The maximum absolute atomic E-state index is 10.9. The normalized spacial score (nSPS) is 10.8. The van der Waals surface area contributed by atoms with Crippen molar-refractivity contribution in [1.29, 1.82) is 0 Å². The van der Waals surface area contributed by atoms with Gasteiger partial charge in [-0.25, -0.2) is 19.7 Å². The lowest BCUT2D eigenvalue weighted by Gasteiger charge is -2.02. The lowest BCUT2D eigenvalue weighted by atomic mass is 10.1. The van der Waals surface area contributed by atoms with Crippen LogP contribution in [0.25, 0.3) is 21.8 Å². The number of nitrogens with zero attached hydrogens (tertiary/aromatic N) is 3. The summed E-state index contributed by atoms with van der Waals surface area (Å²) < 4.78 is 0. The molecule has 0 saturated carbocycles. The van der Waals surface area contributed by atoms with Gasteiger partial charge in [0.15, 0.2) is 0 Å². The zero-order valence-electron chi connectivity index (χ0n) is 8.66. The molecule has 0 atom stereocenters. The molecule has 1 N–H and O–H groups in total. The lowest BCUT2D eigenvalue weighted by molar-refractivity contribution is 0.0691. The number of carboxylic acid groups (broad SMARTS) is 1. The van der Waals surface area contributed by atoms with E-state index >= 15 is 0 Å². The number of rotatable bonds is 1. The predicted molar refractivity (Wildman–Crippen MR) is 61.8 cm³/mol. The van der Waals surface area contributed by atoms with Crippen LogP contribution in [0.1, 0.15) is 10.5 Å². The number of hydrogen-bond donors (Lipinski definition) is 1. The van der Waals surface area contributed by atoms with Crippen molar-refractivity contribution in [3.05, 3.63) is 42.5 Å². The van der Waals surface area contributed by atoms with E-state index in [1.807, 2.05) is 12.1 Å². The minimum atomic E-state index is -1.04. The van der Waals surface area contributed by atoms with Crippen molar-refractivity contribution in [2.75, 3.05) is 0 Å². The van der Waals surface area contributed by atoms with E-state index in [4.69, 9.17) is 5.11 Å². The van der Waals surface area contributed by atoms with Crippen molar-refractivity contribution in [3.8, 4) is 0 Å². The number of carbonyl (C=O) groups is 1. The van der Waals surface area contributed by atoms with E-state index in [9.17, 15) is 4.79 Å². The standard InChI is InChI=1S/C12H7N3O2/c16-12(17)10-4-2-7-1-3-9-8(11(7)15-10)5-13-6-14-9/h1-6H,(H,16,17). The summed E-state index contributed by atoms with van der Waals surface area (Å²) in [6.07, 6.45) is 3.10. The first-order valence-electron chi connectivity index (χ1n) is 4.98. The lowest BCUT2D eigenvalue weighted by Crippen LogP contribution is -2.00. The number of hydrogen-bond acceptors (Lipinski definition) is 4. The van der Waals surface area contributed by atoms with Gasteiger partial charge in [0.05, 0.1) is 11.0 Å². The van der Waals surface area contributed by atoms with Crippen molar-refractivity contribution in [1.82, 2.24) is 15.0 Å². The van der Waals surface area contributed by atoms with Crippen molar-refractivity contribution >= 4 is 27.8 Å². The van der Waals surface area contributed by atoms with Crippen LogP contribution >= 0.6 is 0 Å². The highest BCUT2D eigenvalue weighted by Crippen LogP contribution is 2.21. The molecule has 0 unspecified atom stereocenters. The Morgan fingerprint density at radius 1 is 1.18 bits per heavy atom. The molecule has 1 aromatic carbocycles. The molecule has 3 rings (SSSR count). The molecule has 0 fully saturated rings. The van der Waals surface area contributed by atoms with Crippen LogP contribution in [0.4, 0.5) is 0 Å². The van der Waals surface area contributed by atoms with Crippen molar-refractivity contribution in [2.45, 2.75) is 0 Å². The summed E-state index contributed by atoms with van der Waals surface area (Å²) in [7, 11) is 0. The summed E-state index contributed by atoms with van der Waals surface area (Å²) in [6.45, 7) is 0. The Morgan fingerprint density at radius 3 is 2.82 bits per heavy atom. The highest BCUT2D eigenvalue weighted by molar-refractivity contribution is 6.04. The minimum Gasteiger partial charge on any atom is -0.477 e. The molecule has 17 heavy (non-hydrogen) atoms. The Labute approximate surface area is 95.8 Å². The fourth-order valence-electron chi connectivity index (χ4n) is 1.76. The molecule has 0 aliphatic carbocycles. The fourth-order valence-corrected chi connectivity index (χ4v) is 1.76. The number of aromatic carboxylic acids is 1. The summed E-state index contributed by atoms with van der Waals surface area (Å²) in [5.41, 5.74) is 1.39. The predicted octanol–water partition coefficient (Wildman–Crippen LogP) is 1.88. The number of fused-ring (bicyclic) bond motifs is 3. The number of benzene rings is 1. The monoisotopic (exact) mass is 225 g/mol. The first-order chi connectivity index (χ1) is 8.25. The Hall–Kier alpha value is -2.56. The molecule has 0 amide bonds. The topological polar surface area (TPSA) is 76.0 Å². The van der Waals surface area contributed by atoms with Crippen LogP contribution in [-0.4, -0.2) is 26.0 Å². The van der Waals surface area contributed by atoms with Crippen molar-refractivity contribution in [3.63, 3.8) is 0 Å². The van der Waals surface area contributed by atoms with E-state index in [0.717, 1.165) is 16.3 Å². The maximum Gasteiger partial charge on any atom is 0.354 e. The van der Waals surface area contributed by atoms with Crippen LogP contribution < -0.4 is 0 Å². The van der Waals surface area contributed by atoms with Gasteiger partial charge in [0, 0.05) is 17.0 Å². The first kappa shape index (κ1) is 9.65. The third-order valence-corrected chi connectivity index (χ3v) is 2.56. The van der Waals surface area contributed by atoms with Gasteiger partial charge in [-0.1, -0.05) is 12.1 Å². The Morgan fingerprint density at radius 2 is 2.00 bits per heavy atom. The van der Waals surface area contributed by atoms with Gasteiger partial charge in [-0.3, -0.25) is 0 Å². The van der Waals surface area contributed by atoms with Gasteiger partial charge in [0.1, 0.15) is 12.0 Å². The van der Waals surface area contributed by atoms with Crippen LogP contribution in [0.15, 0.2) is 36.8 Å². The summed E-state index contributed by atoms with van der Waals surface area (Å²) in [4.78, 5) is 23.1. The van der Waals surface area contributed by atoms with Gasteiger partial charge < -0.3 is 5.11 Å². The molecule has 2 heterocycles. The molecular weight excluding hydrogens is 218 g/mol. The molecule has 5 nitrogen and oxygen atoms in total. The van der Waals surface area contributed by atoms with E-state index < -0.39 is 5.97 Å². The van der Waals surface area contributed by atoms with Crippen LogP contribution in [0.5, 0.6) is 0 Å². The highest BCUT2D eigenvalue weighted by atomic mass is 16.4. The number of pyridine rings is 1. The first-order valence-corrected chi connectivity index (χ1v) is 4.98. The Bertz CT molecular complexity index is 740. The average molecular weight is 225 g/mol. The zero-order chi connectivity index (χ0) is 11.8. The molecule has 2 aromatic heterocycles. The molecule has 0 saturated heterocycles. The SMILES string of the molecule is O=C(O)c1ccc2ccc3ncncc3c2n1. The Balaban J connectivity index is 2.46. The molecule has 0 spiro atoms. The highest BCUT2D eigenvalue weighted by Gasteiger charge is 2.08. The van der Waals surface area contributed by atoms with E-state index in [2.05, 4.69) is 15.0 Å². The summed E-state index contributed by atoms with van der Waals surface area (Å²) >= 11 is 0. The van der Waals surface area contributed by atoms with Crippen LogP contribution in [0.2, 0.25) is 0 Å². The van der Waals surface area contributed by atoms with E-state index in [0.29, 0.717) is 5.52 Å². The van der Waals surface area contributed by atoms with E-state index in [1.54, 1.807) is 12.3 Å². The zero-order valence-corrected chi connectivity index (χ0v) is 8.66. The van der Waals surface area contributed by atoms with Crippen LogP contribution in [-0.2, 0) is 0 Å². The summed E-state index contributed by atoms with van der Waals surface area (Å²) in [6, 6.07) is 6.95. The van der Waals surface area contributed by atoms with Gasteiger partial charge in [0.2, 0.25) is 0 Å². The summed E-state index contributed by atoms with van der Waals surface area (Å²) in [5, 5.41) is 10.6. The molecule has 0 aliphatic rings. The average Bonchev–Trinajstić information content (AvgIpc) is 2.38. The second kappa shape index (κ2) is 3.48. The number of carboxylic acids is 1. The van der Waals surface area contributed by atoms with Gasteiger partial charge >= 0.3 is 5.97 Å². The van der Waals surface area contributed by atoms with E-state index in [-0.39, 0.29) is 5.69 Å². The van der Waals surface area contributed by atoms with Gasteiger partial charge in [-0.05, 0) is 12.1 Å². The third kappa shape index (κ3) is 1.48. The molecule has 0 radical (unpaired) electrons. The molecule has 5 heteroatoms. The van der Waals surface area contributed by atoms with Crippen LogP contribution in [0.3, 0.4) is 0 Å². The summed E-state index contributed by atoms with van der Waals surface area (Å²) in [5.74, 6) is -1.04. The third-order valence-electron chi connectivity index (χ3n) is 2.56. The second-order valence-electron chi connectivity index (χ2n) is 3.59. The molecule has 3 aromatic rings. The van der Waals surface area contributed by atoms with Gasteiger partial charge in [-0.15, -0.1) is 0 Å². The van der Waals surface area contributed by atoms with Crippen LogP contribution in [0, 0.1) is 0 Å². The molecule has 0 aliphatic heterocycles. The Kier molecular flexibility index (Phi) is 1.98. The van der Waals surface area contributed by atoms with Crippen molar-refractivity contribution < 1.29 is 9.90 Å². The van der Waals surface area contributed by atoms with Gasteiger partial charge in [0.25, 0.3) is 0 Å². The number of aromatic nitrogens is 3. The quantitative estimate of drug-likeness (QED) is 0.640. The maximum atomic E-state index is 10.9. The molecule has 0 bridgehead atoms. The van der Waals surface area contributed by atoms with Crippen molar-refractivity contribution in [2.24, 2.45) is 0 Å². The second-order valence-corrected chi connectivity index (χ2v) is 3.59. The molecule has 82 valence electrons. The van der Waals surface area contributed by atoms with Gasteiger partial charge in [-0.2, -0.15) is 0 Å². The minimum absolute atomic E-state index is 0.0221. The smallest absolute Gasteiger partial charge is 0.354 e. The van der Waals surface area contributed by atoms with E-state index in [1.165, 1.54) is 12.4 Å². The fraction of sp³-hybridized carbons (Fsp3) is 0. The molecular formula is C12H7N3O2.